The van der Waals surface area contributed by atoms with Crippen molar-refractivity contribution in [2.75, 3.05) is 19.6 Å². The van der Waals surface area contributed by atoms with Crippen molar-refractivity contribution in [1.82, 2.24) is 20.0 Å². The van der Waals surface area contributed by atoms with Gasteiger partial charge in [0, 0.05) is 31.5 Å². The highest BCUT2D eigenvalue weighted by Crippen LogP contribution is 2.47. The first kappa shape index (κ1) is 17.3. The maximum absolute atomic E-state index is 12.8. The van der Waals surface area contributed by atoms with E-state index in [1.54, 1.807) is 6.20 Å². The van der Waals surface area contributed by atoms with Crippen LogP contribution in [0, 0.1) is 5.41 Å². The Morgan fingerprint density at radius 1 is 1.23 bits per heavy atom. The minimum Gasteiger partial charge on any atom is -0.352 e. The molecule has 1 N–H and O–H groups in total. The molecule has 1 amide bonds. The van der Waals surface area contributed by atoms with Crippen LogP contribution in [-0.4, -0.2) is 46.3 Å². The third-order valence-electron chi connectivity index (χ3n) is 5.76. The van der Waals surface area contributed by atoms with Crippen molar-refractivity contribution < 1.29 is 4.79 Å². The van der Waals surface area contributed by atoms with Crippen LogP contribution in [-0.2, 0) is 17.8 Å². The summed E-state index contributed by atoms with van der Waals surface area (Å²) in [6.07, 6.45) is 8.99. The first-order valence-corrected chi connectivity index (χ1v) is 9.78. The van der Waals surface area contributed by atoms with Crippen LogP contribution in [0.15, 0.2) is 48.8 Å². The Labute approximate surface area is 155 Å². The summed E-state index contributed by atoms with van der Waals surface area (Å²) >= 11 is 0. The van der Waals surface area contributed by atoms with Gasteiger partial charge in [-0.25, -0.2) is 0 Å². The Morgan fingerprint density at radius 2 is 2.08 bits per heavy atom. The predicted molar refractivity (Wildman–Crippen MR) is 102 cm³/mol. The minimum atomic E-state index is -0.224. The van der Waals surface area contributed by atoms with Gasteiger partial charge in [-0.1, -0.05) is 30.3 Å². The highest BCUT2D eigenvalue weighted by Gasteiger charge is 2.50. The van der Waals surface area contributed by atoms with Gasteiger partial charge in [-0.05, 0) is 50.3 Å². The quantitative estimate of drug-likeness (QED) is 0.833. The van der Waals surface area contributed by atoms with Gasteiger partial charge < -0.3 is 10.2 Å². The molecule has 1 saturated heterocycles. The monoisotopic (exact) mass is 352 g/mol. The summed E-state index contributed by atoms with van der Waals surface area (Å²) in [6.45, 7) is 3.87. The fraction of sp³-hybridized carbons (Fsp3) is 0.524. The second-order valence-electron chi connectivity index (χ2n) is 7.83. The maximum atomic E-state index is 12.8. The lowest BCUT2D eigenvalue weighted by atomic mass is 10.0. The van der Waals surface area contributed by atoms with Gasteiger partial charge in [-0.2, -0.15) is 5.10 Å². The summed E-state index contributed by atoms with van der Waals surface area (Å²) < 4.78 is 1.89. The van der Waals surface area contributed by atoms with Gasteiger partial charge in [0.2, 0.25) is 5.91 Å². The molecule has 2 heterocycles. The van der Waals surface area contributed by atoms with E-state index in [4.69, 9.17) is 0 Å². The number of aromatic nitrogens is 2. The van der Waals surface area contributed by atoms with Crippen molar-refractivity contribution in [3.8, 4) is 0 Å². The number of nitrogens with zero attached hydrogens (tertiary/aromatic N) is 3. The van der Waals surface area contributed by atoms with Crippen LogP contribution in [0.2, 0.25) is 0 Å². The summed E-state index contributed by atoms with van der Waals surface area (Å²) in [7, 11) is 0. The largest absolute Gasteiger partial charge is 0.352 e. The average molecular weight is 352 g/mol. The molecule has 5 heteroatoms. The Morgan fingerprint density at radius 3 is 2.81 bits per heavy atom. The molecule has 2 aromatic rings. The van der Waals surface area contributed by atoms with Gasteiger partial charge in [-0.3, -0.25) is 9.48 Å². The van der Waals surface area contributed by atoms with Gasteiger partial charge in [0.25, 0.3) is 0 Å². The van der Waals surface area contributed by atoms with E-state index in [1.165, 1.54) is 5.56 Å². The van der Waals surface area contributed by atoms with Crippen LogP contribution in [0.1, 0.15) is 31.2 Å². The average Bonchev–Trinajstić information content (AvgIpc) is 3.27. The van der Waals surface area contributed by atoms with Crippen LogP contribution in [0.4, 0.5) is 0 Å². The molecule has 1 atom stereocenters. The van der Waals surface area contributed by atoms with Crippen molar-refractivity contribution in [3.05, 3.63) is 54.4 Å². The Hall–Kier alpha value is -2.14. The summed E-state index contributed by atoms with van der Waals surface area (Å²) in [4.78, 5) is 15.3. The minimum absolute atomic E-state index is 0.224. The van der Waals surface area contributed by atoms with E-state index in [2.05, 4.69) is 45.6 Å². The van der Waals surface area contributed by atoms with Crippen LogP contribution in [0.5, 0.6) is 0 Å². The number of hydrogen-bond acceptors (Lipinski definition) is 3. The van der Waals surface area contributed by atoms with Crippen molar-refractivity contribution in [3.63, 3.8) is 0 Å². The molecule has 138 valence electrons. The number of benzene rings is 1. The lowest BCUT2D eigenvalue weighted by Gasteiger charge is -2.34. The van der Waals surface area contributed by atoms with Crippen LogP contribution in [0.3, 0.4) is 0 Å². The third kappa shape index (κ3) is 4.15. The van der Waals surface area contributed by atoms with Crippen molar-refractivity contribution >= 4 is 5.91 Å². The standard InChI is InChI=1S/C21H28N4O/c26-20(21(10-11-21)17-25-14-5-12-22-25)23-19-8-4-13-24(16-19)15-9-18-6-2-1-3-7-18/h1-3,5-7,12,14,19H,4,8-11,13,15-17H2,(H,23,26)/t19-/m0/s1. The van der Waals surface area contributed by atoms with E-state index >= 15 is 0 Å². The molecule has 2 aliphatic rings. The van der Waals surface area contributed by atoms with E-state index in [-0.39, 0.29) is 17.4 Å². The van der Waals surface area contributed by atoms with E-state index in [0.29, 0.717) is 6.54 Å². The molecule has 26 heavy (non-hydrogen) atoms. The molecule has 1 aliphatic carbocycles. The molecule has 0 bridgehead atoms. The zero-order chi connectivity index (χ0) is 17.8. The number of hydrogen-bond donors (Lipinski definition) is 1. The second kappa shape index (κ2) is 7.62. The number of amides is 1. The molecule has 5 nitrogen and oxygen atoms in total. The SMILES string of the molecule is O=C(N[C@H]1CCCN(CCc2ccccc2)C1)C1(Cn2cccn2)CC1. The third-order valence-corrected chi connectivity index (χ3v) is 5.76. The fourth-order valence-electron chi connectivity index (χ4n) is 3.96. The van der Waals surface area contributed by atoms with Gasteiger partial charge >= 0.3 is 0 Å². The molecule has 1 aromatic heterocycles. The van der Waals surface area contributed by atoms with Gasteiger partial charge in [-0.15, -0.1) is 0 Å². The summed E-state index contributed by atoms with van der Waals surface area (Å²) in [5.41, 5.74) is 1.16. The van der Waals surface area contributed by atoms with Crippen LogP contribution >= 0.6 is 0 Å². The zero-order valence-electron chi connectivity index (χ0n) is 15.3. The Bertz CT molecular complexity index is 709. The topological polar surface area (TPSA) is 50.2 Å². The van der Waals surface area contributed by atoms with Gasteiger partial charge in [0.15, 0.2) is 0 Å². The van der Waals surface area contributed by atoms with Crippen molar-refractivity contribution in [2.24, 2.45) is 5.41 Å². The molecule has 0 radical (unpaired) electrons. The predicted octanol–water partition coefficient (Wildman–Crippen LogP) is 2.49. The molecule has 1 aliphatic heterocycles. The Balaban J connectivity index is 1.27. The molecular weight excluding hydrogens is 324 g/mol. The van der Waals surface area contributed by atoms with Crippen molar-refractivity contribution in [1.29, 1.82) is 0 Å². The lowest BCUT2D eigenvalue weighted by Crippen LogP contribution is -2.50. The van der Waals surface area contributed by atoms with E-state index in [0.717, 1.165) is 51.7 Å². The smallest absolute Gasteiger partial charge is 0.228 e. The van der Waals surface area contributed by atoms with E-state index < -0.39 is 0 Å². The Kier molecular flexibility index (Phi) is 5.07. The molecular formula is C21H28N4O. The number of piperidine rings is 1. The van der Waals surface area contributed by atoms with Crippen LogP contribution in [0.25, 0.3) is 0 Å². The molecule has 4 rings (SSSR count). The summed E-state index contributed by atoms with van der Waals surface area (Å²) in [5, 5.41) is 7.60. The zero-order valence-corrected chi connectivity index (χ0v) is 15.3. The van der Waals surface area contributed by atoms with Crippen LogP contribution < -0.4 is 5.32 Å². The molecule has 0 unspecified atom stereocenters. The molecule has 1 saturated carbocycles. The first-order valence-electron chi connectivity index (χ1n) is 9.78. The highest BCUT2D eigenvalue weighted by molar-refractivity contribution is 5.85. The number of rotatable bonds is 7. The maximum Gasteiger partial charge on any atom is 0.228 e. The summed E-state index contributed by atoms with van der Waals surface area (Å²) in [5.74, 6) is 0.225. The number of nitrogens with one attached hydrogen (secondary N) is 1. The van der Waals surface area contributed by atoms with E-state index in [9.17, 15) is 4.79 Å². The summed E-state index contributed by atoms with van der Waals surface area (Å²) in [6, 6.07) is 12.8. The molecule has 0 spiro atoms. The van der Waals surface area contributed by atoms with Gasteiger partial charge in [0.05, 0.1) is 12.0 Å². The number of likely N-dealkylation sites (tertiary alicyclic amines) is 1. The first-order chi connectivity index (χ1) is 12.7. The highest BCUT2D eigenvalue weighted by atomic mass is 16.2. The number of carbonyl (C=O) groups excluding carboxylic acids is 1. The molecule has 2 fully saturated rings. The van der Waals surface area contributed by atoms with Gasteiger partial charge in [0.1, 0.15) is 0 Å². The molecule has 1 aromatic carbocycles. The normalized spacial score (nSPS) is 22.1. The lowest BCUT2D eigenvalue weighted by molar-refractivity contribution is -0.128. The second-order valence-corrected chi connectivity index (χ2v) is 7.83. The van der Waals surface area contributed by atoms with Crippen molar-refractivity contribution in [2.45, 2.75) is 44.7 Å². The van der Waals surface area contributed by atoms with E-state index in [1.807, 2.05) is 16.9 Å². The fourth-order valence-corrected chi connectivity index (χ4v) is 3.96. The number of carbonyl (C=O) groups is 1.